The van der Waals surface area contributed by atoms with E-state index in [2.05, 4.69) is 27.1 Å². The highest BCUT2D eigenvalue weighted by atomic mass is 79.9. The minimum absolute atomic E-state index is 0.398. The number of carbonyl (C=O) groups is 1. The van der Waals surface area contributed by atoms with Gasteiger partial charge in [0.2, 0.25) is 0 Å². The minimum atomic E-state index is -2.70. The van der Waals surface area contributed by atoms with Crippen molar-refractivity contribution >= 4 is 43.2 Å². The predicted molar refractivity (Wildman–Crippen MR) is 64.5 cm³/mol. The first kappa shape index (κ1) is 10.5. The van der Waals surface area contributed by atoms with E-state index in [1.165, 1.54) is 7.05 Å². The van der Waals surface area contributed by atoms with Crippen molar-refractivity contribution < 1.29 is 9.00 Å². The zero-order valence-electron chi connectivity index (χ0n) is 7.99. The lowest BCUT2D eigenvalue weighted by Crippen LogP contribution is -2.40. The molecule has 80 valence electrons. The molecule has 1 N–H and O–H groups in total. The zero-order chi connectivity index (χ0) is 11.2. The fourth-order valence-electron chi connectivity index (χ4n) is 1.34. The number of nitrogens with one attached hydrogen (secondary N) is 1. The summed E-state index contributed by atoms with van der Waals surface area (Å²) in [6, 6.07) is 4.79. The third kappa shape index (κ3) is 1.53. The molecule has 0 saturated carbocycles. The summed E-state index contributed by atoms with van der Waals surface area (Å²) >= 11 is 3.29. The summed E-state index contributed by atoms with van der Waals surface area (Å²) < 4.78 is 14.2. The van der Waals surface area contributed by atoms with Crippen molar-refractivity contribution in [1.82, 2.24) is 4.31 Å². The number of nitrogens with zero attached hydrogens (tertiary/aromatic N) is 1. The van der Waals surface area contributed by atoms with Crippen LogP contribution in [-0.2, 0) is 9.71 Å². The Morgan fingerprint density at radius 2 is 2.20 bits per heavy atom. The molecule has 0 spiro atoms. The molecule has 0 fully saturated rings. The number of benzene rings is 1. The fraction of sp³-hybridized carbons (Fsp3) is 0.111. The lowest BCUT2D eigenvalue weighted by Gasteiger charge is -2.29. The lowest BCUT2D eigenvalue weighted by atomic mass is 10.3. The van der Waals surface area contributed by atoms with E-state index in [1.807, 2.05) is 0 Å². The SMILES string of the molecule is C=S1(=O)c2cc(Br)ccc2NC(=O)N1C. The minimum Gasteiger partial charge on any atom is -0.306 e. The van der Waals surface area contributed by atoms with Crippen molar-refractivity contribution in [3.63, 3.8) is 0 Å². The van der Waals surface area contributed by atoms with Crippen molar-refractivity contribution in [3.05, 3.63) is 22.7 Å². The molecule has 1 unspecified atom stereocenters. The Labute approximate surface area is 96.5 Å². The molecule has 15 heavy (non-hydrogen) atoms. The van der Waals surface area contributed by atoms with Gasteiger partial charge in [-0.2, -0.15) is 0 Å². The Morgan fingerprint density at radius 1 is 1.53 bits per heavy atom. The Balaban J connectivity index is 2.73. The Bertz CT molecular complexity index is 539. The molecule has 1 aromatic carbocycles. The van der Waals surface area contributed by atoms with Crippen LogP contribution in [0.25, 0.3) is 0 Å². The highest BCUT2D eigenvalue weighted by Crippen LogP contribution is 2.31. The summed E-state index contributed by atoms with van der Waals surface area (Å²) in [6.07, 6.45) is 0. The molecule has 1 atom stereocenters. The average molecular weight is 289 g/mol. The van der Waals surface area contributed by atoms with Crippen LogP contribution in [0.2, 0.25) is 0 Å². The zero-order valence-corrected chi connectivity index (χ0v) is 10.4. The van der Waals surface area contributed by atoms with Gasteiger partial charge in [-0.1, -0.05) is 15.9 Å². The summed E-state index contributed by atoms with van der Waals surface area (Å²) in [4.78, 5) is 12.0. The normalized spacial score (nSPS) is 24.7. The van der Waals surface area contributed by atoms with Crippen LogP contribution in [0.1, 0.15) is 0 Å². The Hall–Kier alpha value is -1.01. The van der Waals surface area contributed by atoms with Crippen LogP contribution in [0.15, 0.2) is 27.6 Å². The predicted octanol–water partition coefficient (Wildman–Crippen LogP) is 1.92. The van der Waals surface area contributed by atoms with Gasteiger partial charge in [0.15, 0.2) is 0 Å². The van der Waals surface area contributed by atoms with Crippen LogP contribution >= 0.6 is 15.9 Å². The first-order valence-corrected chi connectivity index (χ1v) is 6.62. The molecule has 1 heterocycles. The van der Waals surface area contributed by atoms with Gasteiger partial charge in [0.1, 0.15) is 0 Å². The summed E-state index contributed by atoms with van der Waals surface area (Å²) in [5, 5.41) is 2.64. The quantitative estimate of drug-likeness (QED) is 0.742. The molecule has 0 radical (unpaired) electrons. The molecule has 2 rings (SSSR count). The van der Waals surface area contributed by atoms with Crippen LogP contribution < -0.4 is 5.32 Å². The van der Waals surface area contributed by atoms with E-state index in [4.69, 9.17) is 0 Å². The second-order valence-electron chi connectivity index (χ2n) is 3.21. The topological polar surface area (TPSA) is 49.4 Å². The number of urea groups is 1. The van der Waals surface area contributed by atoms with Gasteiger partial charge < -0.3 is 5.32 Å². The molecule has 2 amide bonds. The third-order valence-electron chi connectivity index (χ3n) is 2.26. The van der Waals surface area contributed by atoms with Gasteiger partial charge in [-0.15, -0.1) is 0 Å². The van der Waals surface area contributed by atoms with Crippen LogP contribution in [0.3, 0.4) is 0 Å². The maximum absolute atomic E-state index is 12.3. The molecular weight excluding hydrogens is 280 g/mol. The highest BCUT2D eigenvalue weighted by Gasteiger charge is 2.28. The standard InChI is InChI=1S/C9H9BrN2O2S/c1-12-9(13)11-7-4-3-6(10)5-8(7)15(12,2)14/h3-5H,2H2,1H3,(H,11,13). The van der Waals surface area contributed by atoms with Crippen molar-refractivity contribution in [1.29, 1.82) is 0 Å². The monoisotopic (exact) mass is 288 g/mol. The van der Waals surface area contributed by atoms with E-state index in [9.17, 15) is 9.00 Å². The number of halogens is 1. The number of fused-ring (bicyclic) bond motifs is 1. The summed E-state index contributed by atoms with van der Waals surface area (Å²) in [5.74, 6) is 3.62. The number of carbonyl (C=O) groups excluding carboxylic acids is 1. The van der Waals surface area contributed by atoms with Crippen LogP contribution in [0.5, 0.6) is 0 Å². The molecular formula is C9H9BrN2O2S. The van der Waals surface area contributed by atoms with E-state index in [1.54, 1.807) is 18.2 Å². The summed E-state index contributed by atoms with van der Waals surface area (Å²) in [5.41, 5.74) is 0.557. The van der Waals surface area contributed by atoms with Crippen LogP contribution in [-0.4, -0.2) is 27.5 Å². The maximum Gasteiger partial charge on any atom is 0.333 e. The first-order valence-electron chi connectivity index (χ1n) is 4.14. The molecule has 0 aromatic heterocycles. The van der Waals surface area contributed by atoms with Gasteiger partial charge in [-0.05, 0) is 24.1 Å². The number of hydrogen-bond acceptors (Lipinski definition) is 2. The van der Waals surface area contributed by atoms with Crippen molar-refractivity contribution in [2.24, 2.45) is 0 Å². The van der Waals surface area contributed by atoms with Gasteiger partial charge in [0, 0.05) is 11.5 Å². The van der Waals surface area contributed by atoms with Crippen molar-refractivity contribution in [3.8, 4) is 0 Å². The first-order chi connectivity index (χ1) is 6.93. The van der Waals surface area contributed by atoms with E-state index in [-0.39, 0.29) is 0 Å². The molecule has 1 aromatic rings. The van der Waals surface area contributed by atoms with E-state index >= 15 is 0 Å². The van der Waals surface area contributed by atoms with Gasteiger partial charge >= 0.3 is 6.03 Å². The van der Waals surface area contributed by atoms with E-state index in [0.717, 1.165) is 8.78 Å². The smallest absolute Gasteiger partial charge is 0.306 e. The summed E-state index contributed by atoms with van der Waals surface area (Å²) in [6.45, 7) is 0. The van der Waals surface area contributed by atoms with E-state index in [0.29, 0.717) is 10.6 Å². The molecule has 0 saturated heterocycles. The third-order valence-corrected chi connectivity index (χ3v) is 4.83. The van der Waals surface area contributed by atoms with Gasteiger partial charge in [-0.3, -0.25) is 4.31 Å². The largest absolute Gasteiger partial charge is 0.333 e. The van der Waals surface area contributed by atoms with Gasteiger partial charge in [0.05, 0.1) is 20.3 Å². The molecule has 1 aliphatic rings. The molecule has 0 bridgehead atoms. The number of anilines is 1. The lowest BCUT2D eigenvalue weighted by molar-refractivity contribution is 0.241. The van der Waals surface area contributed by atoms with Crippen LogP contribution in [0.4, 0.5) is 10.5 Å². The Morgan fingerprint density at radius 3 is 2.87 bits per heavy atom. The van der Waals surface area contributed by atoms with E-state index < -0.39 is 15.7 Å². The molecule has 1 aliphatic heterocycles. The second-order valence-corrected chi connectivity index (χ2v) is 6.39. The van der Waals surface area contributed by atoms with Crippen molar-refractivity contribution in [2.45, 2.75) is 4.90 Å². The second kappa shape index (κ2) is 3.24. The highest BCUT2D eigenvalue weighted by molar-refractivity contribution is 9.10. The van der Waals surface area contributed by atoms with Gasteiger partial charge in [-0.25, -0.2) is 9.00 Å². The molecule has 4 nitrogen and oxygen atoms in total. The van der Waals surface area contributed by atoms with Crippen molar-refractivity contribution in [2.75, 3.05) is 12.4 Å². The summed E-state index contributed by atoms with van der Waals surface area (Å²) in [7, 11) is -1.23. The Kier molecular flexibility index (Phi) is 2.27. The molecule has 0 aliphatic carbocycles. The van der Waals surface area contributed by atoms with Gasteiger partial charge in [0.25, 0.3) is 0 Å². The maximum atomic E-state index is 12.3. The number of amides is 2. The number of hydrogen-bond donors (Lipinski definition) is 1. The molecule has 6 heteroatoms. The fourth-order valence-corrected chi connectivity index (χ4v) is 3.23. The number of rotatable bonds is 0. The van der Waals surface area contributed by atoms with Crippen LogP contribution in [0, 0.1) is 0 Å². The average Bonchev–Trinajstić information content (AvgIpc) is 2.17.